The number of hydrogen-bond acceptors (Lipinski definition) is 3. The van der Waals surface area contributed by atoms with Crippen molar-refractivity contribution in [3.05, 3.63) is 12.2 Å². The smallest absolute Gasteiger partial charge is 0.146 e. The quantitative estimate of drug-likeness (QED) is 0.414. The van der Waals surface area contributed by atoms with Crippen molar-refractivity contribution >= 4 is 6.29 Å². The molecule has 0 aromatic heterocycles. The monoisotopic (exact) mass is 320 g/mol. The van der Waals surface area contributed by atoms with Crippen LogP contribution in [0.5, 0.6) is 0 Å². The minimum Gasteiger partial charge on any atom is -0.359 e. The average Bonchev–Trinajstić information content (AvgIpc) is 2.58. The lowest BCUT2D eigenvalue weighted by Crippen LogP contribution is -2.44. The molecular formula is C20H32O3. The van der Waals surface area contributed by atoms with Gasteiger partial charge >= 0.3 is 0 Å². The minimum absolute atomic E-state index is 0.400. The Morgan fingerprint density at radius 3 is 2.74 bits per heavy atom. The second kappa shape index (κ2) is 7.94. The topological polar surface area (TPSA) is 35.5 Å². The van der Waals surface area contributed by atoms with Gasteiger partial charge in [-0.25, -0.2) is 0 Å². The summed E-state index contributed by atoms with van der Waals surface area (Å²) in [6, 6.07) is 0. The van der Waals surface area contributed by atoms with Crippen LogP contribution in [0.2, 0.25) is 0 Å². The first kappa shape index (κ1) is 17.2. The summed E-state index contributed by atoms with van der Waals surface area (Å²) in [5.41, 5.74) is 1.42. The third-order valence-electron chi connectivity index (χ3n) is 6.82. The van der Waals surface area contributed by atoms with Crippen LogP contribution in [0.15, 0.2) is 12.2 Å². The summed E-state index contributed by atoms with van der Waals surface area (Å²) < 4.78 is 10.9. The number of rotatable bonds is 6. The van der Waals surface area contributed by atoms with Crippen molar-refractivity contribution in [1.82, 2.24) is 0 Å². The molecule has 0 heterocycles. The lowest BCUT2D eigenvalue weighted by molar-refractivity contribution is -0.111. The molecule has 0 N–H and O–H groups in total. The highest BCUT2D eigenvalue weighted by molar-refractivity contribution is 5.49. The molecule has 3 rings (SSSR count). The van der Waals surface area contributed by atoms with Crippen LogP contribution in [-0.4, -0.2) is 26.3 Å². The molecule has 0 saturated heterocycles. The van der Waals surface area contributed by atoms with Gasteiger partial charge in [0.05, 0.1) is 6.10 Å². The van der Waals surface area contributed by atoms with E-state index < -0.39 is 0 Å². The van der Waals surface area contributed by atoms with Gasteiger partial charge in [0.1, 0.15) is 13.1 Å². The van der Waals surface area contributed by atoms with E-state index in [0.717, 1.165) is 36.4 Å². The van der Waals surface area contributed by atoms with E-state index in [-0.39, 0.29) is 0 Å². The Hall–Kier alpha value is -0.670. The van der Waals surface area contributed by atoms with Gasteiger partial charge in [-0.2, -0.15) is 0 Å². The van der Waals surface area contributed by atoms with Gasteiger partial charge in [-0.3, -0.25) is 0 Å². The maximum absolute atomic E-state index is 10.8. The van der Waals surface area contributed by atoms with Crippen LogP contribution in [0, 0.1) is 29.6 Å². The predicted octanol–water partition coefficient (Wildman–Crippen LogP) is 4.36. The van der Waals surface area contributed by atoms with E-state index >= 15 is 0 Å². The van der Waals surface area contributed by atoms with Gasteiger partial charge in [-0.1, -0.05) is 12.2 Å². The van der Waals surface area contributed by atoms with Crippen LogP contribution in [0.3, 0.4) is 0 Å². The highest BCUT2D eigenvalue weighted by Gasteiger charge is 2.46. The molecule has 0 amide bonds. The molecule has 3 aliphatic carbocycles. The maximum atomic E-state index is 10.8. The van der Waals surface area contributed by atoms with Crippen molar-refractivity contribution < 1.29 is 14.3 Å². The van der Waals surface area contributed by atoms with E-state index in [4.69, 9.17) is 9.47 Å². The third kappa shape index (κ3) is 3.71. The molecule has 0 aromatic carbocycles. The lowest BCUT2D eigenvalue weighted by atomic mass is 9.54. The number of hydrogen-bond donors (Lipinski definition) is 0. The van der Waals surface area contributed by atoms with E-state index in [0.29, 0.717) is 25.2 Å². The summed E-state index contributed by atoms with van der Waals surface area (Å²) in [5, 5.41) is 0. The fourth-order valence-corrected chi connectivity index (χ4v) is 5.83. The maximum Gasteiger partial charge on any atom is 0.146 e. The Morgan fingerprint density at radius 1 is 1.13 bits per heavy atom. The molecule has 0 bridgehead atoms. The zero-order valence-electron chi connectivity index (χ0n) is 14.5. The predicted molar refractivity (Wildman–Crippen MR) is 91.0 cm³/mol. The van der Waals surface area contributed by atoms with Crippen molar-refractivity contribution in [2.75, 3.05) is 13.9 Å². The molecule has 0 spiro atoms. The van der Waals surface area contributed by atoms with Crippen LogP contribution in [0.25, 0.3) is 0 Å². The van der Waals surface area contributed by atoms with Gasteiger partial charge in [0.2, 0.25) is 0 Å². The molecule has 0 unspecified atom stereocenters. The second-order valence-electron chi connectivity index (χ2n) is 7.88. The molecule has 3 nitrogen and oxygen atoms in total. The zero-order valence-corrected chi connectivity index (χ0v) is 14.5. The first-order valence-corrected chi connectivity index (χ1v) is 9.46. The first-order valence-electron chi connectivity index (χ1n) is 9.46. The van der Waals surface area contributed by atoms with Crippen LogP contribution in [-0.2, 0) is 14.3 Å². The molecule has 3 saturated carbocycles. The fourth-order valence-electron chi connectivity index (χ4n) is 5.83. The van der Waals surface area contributed by atoms with Crippen molar-refractivity contribution in [3.8, 4) is 0 Å². The Labute approximate surface area is 140 Å². The number of fused-ring (bicyclic) bond motifs is 3. The van der Waals surface area contributed by atoms with Gasteiger partial charge in [0.25, 0.3) is 0 Å². The van der Waals surface area contributed by atoms with E-state index in [1.54, 1.807) is 7.11 Å². The summed E-state index contributed by atoms with van der Waals surface area (Å²) in [7, 11) is 1.70. The number of aldehydes is 1. The molecule has 0 aliphatic heterocycles. The summed E-state index contributed by atoms with van der Waals surface area (Å²) in [5.74, 6) is 3.96. The third-order valence-corrected chi connectivity index (χ3v) is 6.82. The molecule has 6 atom stereocenters. The van der Waals surface area contributed by atoms with Gasteiger partial charge in [0, 0.05) is 13.5 Å². The summed E-state index contributed by atoms with van der Waals surface area (Å²) in [4.78, 5) is 10.8. The van der Waals surface area contributed by atoms with Gasteiger partial charge < -0.3 is 14.3 Å². The number of methoxy groups -OCH3 is 1. The zero-order chi connectivity index (χ0) is 16.2. The summed E-state index contributed by atoms with van der Waals surface area (Å²) in [6.45, 7) is 4.77. The first-order chi connectivity index (χ1) is 11.2. The summed E-state index contributed by atoms with van der Waals surface area (Å²) in [6.07, 6.45) is 12.1. The van der Waals surface area contributed by atoms with E-state index in [1.165, 1.54) is 50.5 Å². The van der Waals surface area contributed by atoms with Crippen LogP contribution in [0.1, 0.15) is 57.8 Å². The molecule has 3 fully saturated rings. The van der Waals surface area contributed by atoms with Crippen molar-refractivity contribution in [1.29, 1.82) is 0 Å². The fraction of sp³-hybridized carbons (Fsp3) is 0.850. The van der Waals surface area contributed by atoms with Gasteiger partial charge in [-0.15, -0.1) is 0 Å². The molecule has 3 heteroatoms. The van der Waals surface area contributed by atoms with Crippen molar-refractivity contribution in [2.45, 2.75) is 63.9 Å². The molecule has 3 aliphatic rings. The molecular weight excluding hydrogens is 288 g/mol. The van der Waals surface area contributed by atoms with E-state index in [9.17, 15) is 4.79 Å². The number of carbonyl (C=O) groups is 1. The molecule has 23 heavy (non-hydrogen) atoms. The van der Waals surface area contributed by atoms with E-state index in [1.807, 2.05) is 0 Å². The molecule has 0 radical (unpaired) electrons. The number of allylic oxidation sites excluding steroid dienone is 1. The number of carbonyl (C=O) groups excluding carboxylic acids is 1. The Morgan fingerprint density at radius 2 is 1.96 bits per heavy atom. The van der Waals surface area contributed by atoms with Gasteiger partial charge in [0.15, 0.2) is 0 Å². The molecule has 0 aromatic rings. The Kier molecular flexibility index (Phi) is 5.92. The normalized spacial score (nSPS) is 40.3. The Bertz CT molecular complexity index is 419. The van der Waals surface area contributed by atoms with E-state index in [2.05, 4.69) is 6.58 Å². The number of ether oxygens (including phenoxy) is 2. The summed E-state index contributed by atoms with van der Waals surface area (Å²) >= 11 is 0. The van der Waals surface area contributed by atoms with Crippen molar-refractivity contribution in [2.24, 2.45) is 29.6 Å². The Balaban J connectivity index is 1.63. The van der Waals surface area contributed by atoms with Crippen molar-refractivity contribution in [3.63, 3.8) is 0 Å². The lowest BCUT2D eigenvalue weighted by Gasteiger charge is -2.52. The average molecular weight is 320 g/mol. The SMILES string of the molecule is C=C1CC[C@H]2[C@@H](CC[C@@H]3C[C@@H](OCOC)CC[C@@H]32)[C@@H]1CCC=O. The minimum atomic E-state index is 0.400. The second-order valence-corrected chi connectivity index (χ2v) is 7.88. The van der Waals surface area contributed by atoms with Gasteiger partial charge in [-0.05, 0) is 81.0 Å². The standard InChI is InChI=1S/C20H32O3/c1-14-5-8-20-18-10-7-16(23-13-22-2)12-15(18)6-9-19(20)17(14)4-3-11-21/h11,15-20H,1,3-10,12-13H2,2H3/t15-,16+,17-,18+,19+,20-/m1/s1. The van der Waals surface area contributed by atoms with Crippen LogP contribution in [0.4, 0.5) is 0 Å². The molecule has 130 valence electrons. The van der Waals surface area contributed by atoms with Crippen LogP contribution >= 0.6 is 0 Å². The highest BCUT2D eigenvalue weighted by atomic mass is 16.7. The highest BCUT2D eigenvalue weighted by Crippen LogP contribution is 2.55. The van der Waals surface area contributed by atoms with Crippen LogP contribution < -0.4 is 0 Å². The largest absolute Gasteiger partial charge is 0.359 e.